The topological polar surface area (TPSA) is 58.5 Å². The normalized spacial score (nSPS) is 13.7. The van der Waals surface area contributed by atoms with E-state index in [0.717, 1.165) is 18.9 Å². The zero-order valence-electron chi connectivity index (χ0n) is 29.5. The molecule has 1 aromatic rings. The molecule has 0 heterocycles. The predicted molar refractivity (Wildman–Crippen MR) is 185 cm³/mol. The number of carbonyl (C=O) groups is 2. The van der Waals surface area contributed by atoms with E-state index in [1.807, 2.05) is 19.9 Å². The van der Waals surface area contributed by atoms with E-state index in [4.69, 9.17) is 11.6 Å². The number of allylic oxidation sites excluding steroid dienone is 2. The second-order valence-corrected chi connectivity index (χ2v) is 12.1. The average Bonchev–Trinajstić information content (AvgIpc) is 2.91. The first kappa shape index (κ1) is 45.5. The second kappa shape index (κ2) is 26.5. The molecule has 4 nitrogen and oxygen atoms in total. The van der Waals surface area contributed by atoms with E-state index in [2.05, 4.69) is 44.9 Å². The Morgan fingerprint density at radius 2 is 1.53 bits per heavy atom. The van der Waals surface area contributed by atoms with Crippen molar-refractivity contribution in [3.8, 4) is 0 Å². The van der Waals surface area contributed by atoms with Crippen molar-refractivity contribution in [1.29, 1.82) is 0 Å². The summed E-state index contributed by atoms with van der Waals surface area (Å²) in [6.07, 6.45) is 13.2. The van der Waals surface area contributed by atoms with Crippen LogP contribution in [0.25, 0.3) is 0 Å². The van der Waals surface area contributed by atoms with Crippen molar-refractivity contribution < 1.29 is 18.4 Å². The van der Waals surface area contributed by atoms with Gasteiger partial charge in [0.2, 0.25) is 0 Å². The van der Waals surface area contributed by atoms with Gasteiger partial charge in [0.15, 0.2) is 5.78 Å². The van der Waals surface area contributed by atoms with Crippen LogP contribution in [0.1, 0.15) is 139 Å². The maximum Gasteiger partial charge on any atom is 0.270 e. The molecule has 1 fully saturated rings. The molecule has 1 N–H and O–H groups in total. The maximum absolute atomic E-state index is 12.9. The lowest BCUT2D eigenvalue weighted by molar-refractivity contribution is -0.115. The van der Waals surface area contributed by atoms with Crippen molar-refractivity contribution >= 4 is 28.9 Å². The van der Waals surface area contributed by atoms with Gasteiger partial charge in [0.05, 0.1) is 5.71 Å². The molecule has 250 valence electrons. The number of halogens is 3. The zero-order chi connectivity index (χ0) is 34.1. The lowest BCUT2D eigenvalue weighted by atomic mass is 9.70. The van der Waals surface area contributed by atoms with Gasteiger partial charge in [-0.15, -0.1) is 0 Å². The zero-order valence-corrected chi connectivity index (χ0v) is 30.2. The molecule has 0 saturated heterocycles. The molecule has 0 bridgehead atoms. The smallest absolute Gasteiger partial charge is 0.270 e. The van der Waals surface area contributed by atoms with Gasteiger partial charge in [0.1, 0.15) is 5.78 Å². The molecular formula is C36H63ClF2N2O2. The van der Waals surface area contributed by atoms with Crippen LogP contribution in [0, 0.1) is 5.41 Å². The maximum atomic E-state index is 12.9. The Kier molecular flexibility index (Phi) is 28.0. The van der Waals surface area contributed by atoms with Crippen LogP contribution >= 0.6 is 11.6 Å². The van der Waals surface area contributed by atoms with Crippen LogP contribution in [0.5, 0.6) is 0 Å². The molecule has 0 unspecified atom stereocenters. The van der Waals surface area contributed by atoms with E-state index in [1.54, 1.807) is 13.1 Å². The molecule has 1 aliphatic carbocycles. The fourth-order valence-electron chi connectivity index (χ4n) is 3.64. The Bertz CT molecular complexity index is 943. The van der Waals surface area contributed by atoms with Crippen molar-refractivity contribution in [2.75, 3.05) is 20.1 Å². The van der Waals surface area contributed by atoms with E-state index in [-0.39, 0.29) is 17.1 Å². The van der Waals surface area contributed by atoms with E-state index < -0.39 is 5.92 Å². The van der Waals surface area contributed by atoms with E-state index in [9.17, 15) is 18.4 Å². The first-order chi connectivity index (χ1) is 20.0. The summed E-state index contributed by atoms with van der Waals surface area (Å²) in [5.41, 5.74) is 3.22. The fourth-order valence-corrected chi connectivity index (χ4v) is 3.90. The largest absolute Gasteiger partial charge is 0.316 e. The number of ketones is 2. The minimum Gasteiger partial charge on any atom is -0.316 e. The van der Waals surface area contributed by atoms with Crippen molar-refractivity contribution in [2.45, 2.75) is 140 Å². The highest BCUT2D eigenvalue weighted by Crippen LogP contribution is 2.39. The highest BCUT2D eigenvalue weighted by molar-refractivity contribution is 6.43. The number of Topliss-reactive ketones (excluding diaryl/α,β-unsaturated/α-hetero) is 2. The summed E-state index contributed by atoms with van der Waals surface area (Å²) >= 11 is 5.70. The summed E-state index contributed by atoms with van der Waals surface area (Å²) in [4.78, 5) is 24.2. The Morgan fingerprint density at radius 1 is 1.00 bits per heavy atom. The summed E-state index contributed by atoms with van der Waals surface area (Å²) in [7, 11) is 1.64. The number of hydrogen-bond acceptors (Lipinski definition) is 4. The number of unbranched alkanes of at least 4 members (excludes halogenated alkanes) is 2. The summed E-state index contributed by atoms with van der Waals surface area (Å²) < 4.78 is 25.8. The average molecular weight is 629 g/mol. The Labute approximate surface area is 268 Å². The van der Waals surface area contributed by atoms with Crippen LogP contribution in [0.2, 0.25) is 5.02 Å². The molecule has 7 heteroatoms. The minimum absolute atomic E-state index is 0.0168. The molecule has 1 saturated carbocycles. The standard InChI is InChI=1S/C10H11ClF2.C9H15NO.C9H19N.C5H12.C3H6O/c1-3-7-4-8(10(2,12)13)6-9(11)5-7;1-5-7(2)6-9(10-4)8(3)11;1-3-7-10-8-9(2)5-4-6-9;1-3-5-4-2;1-3(2)4/h4-6H,3H2,1-2H3;6H,5H2,1-4H3;10H,3-8H2,1-2H3;3-5H2,1-2H3;1-2H3/b;7-6+,10-9?;;;. The lowest BCUT2D eigenvalue weighted by Crippen LogP contribution is -2.37. The highest BCUT2D eigenvalue weighted by atomic mass is 35.5. The Morgan fingerprint density at radius 3 is 1.84 bits per heavy atom. The molecule has 0 amide bonds. The van der Waals surface area contributed by atoms with Crippen molar-refractivity contribution in [3.63, 3.8) is 0 Å². The SMILES string of the molecule is CC(C)=O.CC/C(C)=C/C(=NC)C(C)=O.CCCCC.CCCNCC1(C)CCC1.CCc1cc(Cl)cc(C(C)(F)F)c1. The van der Waals surface area contributed by atoms with Crippen LogP contribution in [0.4, 0.5) is 8.78 Å². The number of nitrogens with zero attached hydrogens (tertiary/aromatic N) is 1. The van der Waals surface area contributed by atoms with Gasteiger partial charge in [-0.05, 0) is 94.7 Å². The number of rotatable bonds is 11. The summed E-state index contributed by atoms with van der Waals surface area (Å²) in [6, 6.07) is 4.50. The highest BCUT2D eigenvalue weighted by Gasteiger charge is 2.30. The first-order valence-corrected chi connectivity index (χ1v) is 16.3. The first-order valence-electron chi connectivity index (χ1n) is 16.0. The third-order valence-electron chi connectivity index (χ3n) is 6.66. The van der Waals surface area contributed by atoms with Gasteiger partial charge in [-0.3, -0.25) is 9.79 Å². The van der Waals surface area contributed by atoms with Crippen LogP contribution in [-0.4, -0.2) is 37.4 Å². The number of aryl methyl sites for hydroxylation is 1. The molecular weight excluding hydrogens is 566 g/mol. The van der Waals surface area contributed by atoms with Crippen molar-refractivity contribution in [2.24, 2.45) is 10.4 Å². The van der Waals surface area contributed by atoms with Gasteiger partial charge >= 0.3 is 0 Å². The van der Waals surface area contributed by atoms with Crippen LogP contribution in [-0.2, 0) is 21.9 Å². The lowest BCUT2D eigenvalue weighted by Gasteiger charge is -2.38. The van der Waals surface area contributed by atoms with Crippen molar-refractivity contribution in [1.82, 2.24) is 5.32 Å². The van der Waals surface area contributed by atoms with Gasteiger partial charge in [-0.25, -0.2) is 8.78 Å². The molecule has 0 atom stereocenters. The van der Waals surface area contributed by atoms with E-state index in [0.29, 0.717) is 22.6 Å². The van der Waals surface area contributed by atoms with Crippen LogP contribution in [0.3, 0.4) is 0 Å². The number of alkyl halides is 2. The van der Waals surface area contributed by atoms with Gasteiger partial charge in [-0.1, -0.05) is 84.4 Å². The van der Waals surface area contributed by atoms with E-state index >= 15 is 0 Å². The number of carbonyl (C=O) groups excluding carboxylic acids is 2. The van der Waals surface area contributed by atoms with Crippen LogP contribution in [0.15, 0.2) is 34.8 Å². The minimum atomic E-state index is -2.81. The second-order valence-electron chi connectivity index (χ2n) is 11.7. The molecule has 0 aromatic heterocycles. The Balaban J connectivity index is -0.000000492. The molecule has 2 rings (SSSR count). The summed E-state index contributed by atoms with van der Waals surface area (Å²) in [5, 5.41) is 3.85. The van der Waals surface area contributed by atoms with Crippen molar-refractivity contribution in [3.05, 3.63) is 46.0 Å². The fraction of sp³-hybridized carbons (Fsp3) is 0.694. The van der Waals surface area contributed by atoms with E-state index in [1.165, 1.54) is 96.5 Å². The number of aliphatic imine (C=N–C) groups is 1. The molecule has 0 radical (unpaired) electrons. The molecule has 0 aliphatic heterocycles. The predicted octanol–water partition coefficient (Wildman–Crippen LogP) is 11.0. The third kappa shape index (κ3) is 27.4. The quantitative estimate of drug-likeness (QED) is 0.196. The van der Waals surface area contributed by atoms with Crippen LogP contribution < -0.4 is 5.32 Å². The number of benzene rings is 1. The summed E-state index contributed by atoms with van der Waals surface area (Å²) in [6.45, 7) is 22.9. The number of nitrogens with one attached hydrogen (secondary N) is 1. The van der Waals surface area contributed by atoms with Gasteiger partial charge in [0.25, 0.3) is 5.92 Å². The monoisotopic (exact) mass is 628 g/mol. The van der Waals surface area contributed by atoms with Gasteiger partial charge in [-0.2, -0.15) is 0 Å². The Hall–Kier alpha value is -1.92. The number of hydrogen-bond donors (Lipinski definition) is 1. The molecule has 0 spiro atoms. The summed E-state index contributed by atoms with van der Waals surface area (Å²) in [5.74, 6) is -2.62. The molecule has 1 aromatic carbocycles. The molecule has 1 aliphatic rings. The third-order valence-corrected chi connectivity index (χ3v) is 6.88. The van der Waals surface area contributed by atoms with Gasteiger partial charge < -0.3 is 10.1 Å². The van der Waals surface area contributed by atoms with Gasteiger partial charge in [0, 0.05) is 38.0 Å². The molecule has 43 heavy (non-hydrogen) atoms.